The van der Waals surface area contributed by atoms with Crippen LogP contribution in [0.1, 0.15) is 24.5 Å². The molecule has 18 heavy (non-hydrogen) atoms. The molecular weight excluding hydrogens is 250 g/mol. The second-order valence-corrected chi connectivity index (χ2v) is 4.89. The van der Waals surface area contributed by atoms with Gasteiger partial charge in [-0.3, -0.25) is 10.8 Å². The number of rotatable bonds is 3. The lowest BCUT2D eigenvalue weighted by atomic mass is 10.1. The monoisotopic (exact) mass is 263 g/mol. The summed E-state index contributed by atoms with van der Waals surface area (Å²) in [6.45, 7) is 0. The van der Waals surface area contributed by atoms with Crippen LogP contribution in [0.25, 0.3) is 10.9 Å². The lowest BCUT2D eigenvalue weighted by Gasteiger charge is -2.13. The van der Waals surface area contributed by atoms with Gasteiger partial charge in [-0.2, -0.15) is 0 Å². The molecule has 1 aliphatic carbocycles. The van der Waals surface area contributed by atoms with Crippen LogP contribution >= 0.6 is 11.6 Å². The molecule has 1 aliphatic rings. The van der Waals surface area contributed by atoms with E-state index in [1.807, 2.05) is 12.1 Å². The quantitative estimate of drug-likeness (QED) is 0.660. The summed E-state index contributed by atoms with van der Waals surface area (Å²) in [6.07, 6.45) is 2.37. The molecule has 1 fully saturated rings. The first-order chi connectivity index (χ1) is 8.74. The SMILES string of the molecule is COc1ccc(Cl)c2nc(C3CC3)cc(NN)c12. The Morgan fingerprint density at radius 3 is 2.83 bits per heavy atom. The van der Waals surface area contributed by atoms with Crippen molar-refractivity contribution in [2.24, 2.45) is 5.84 Å². The van der Waals surface area contributed by atoms with Gasteiger partial charge in [0.15, 0.2) is 0 Å². The van der Waals surface area contributed by atoms with Crippen molar-refractivity contribution in [2.45, 2.75) is 18.8 Å². The van der Waals surface area contributed by atoms with Crippen molar-refractivity contribution < 1.29 is 4.74 Å². The van der Waals surface area contributed by atoms with Crippen LogP contribution in [0, 0.1) is 0 Å². The number of halogens is 1. The predicted molar refractivity (Wildman–Crippen MR) is 73.1 cm³/mol. The Balaban J connectivity index is 2.33. The number of ether oxygens (including phenoxy) is 1. The molecule has 0 amide bonds. The van der Waals surface area contributed by atoms with Gasteiger partial charge < -0.3 is 10.2 Å². The first kappa shape index (κ1) is 11.6. The van der Waals surface area contributed by atoms with Gasteiger partial charge >= 0.3 is 0 Å². The lowest BCUT2D eigenvalue weighted by molar-refractivity contribution is 0.420. The third kappa shape index (κ3) is 1.78. The number of nitrogens with zero attached hydrogens (tertiary/aromatic N) is 1. The summed E-state index contributed by atoms with van der Waals surface area (Å²) in [6, 6.07) is 5.61. The molecule has 3 N–H and O–H groups in total. The minimum absolute atomic E-state index is 0.545. The van der Waals surface area contributed by atoms with Crippen molar-refractivity contribution in [3.8, 4) is 5.75 Å². The number of hydrazine groups is 1. The number of nitrogen functional groups attached to an aromatic ring is 1. The topological polar surface area (TPSA) is 60.2 Å². The zero-order valence-corrected chi connectivity index (χ0v) is 10.8. The number of fused-ring (bicyclic) bond motifs is 1. The number of benzene rings is 1. The number of anilines is 1. The number of nitrogens with two attached hydrogens (primary N) is 1. The summed E-state index contributed by atoms with van der Waals surface area (Å²) >= 11 is 6.23. The van der Waals surface area contributed by atoms with Crippen LogP contribution in [0.3, 0.4) is 0 Å². The van der Waals surface area contributed by atoms with Crippen LogP contribution in [0.5, 0.6) is 5.75 Å². The average molecular weight is 264 g/mol. The van der Waals surface area contributed by atoms with Gasteiger partial charge in [-0.05, 0) is 31.0 Å². The Morgan fingerprint density at radius 2 is 2.22 bits per heavy atom. The molecule has 0 aliphatic heterocycles. The summed E-state index contributed by atoms with van der Waals surface area (Å²) in [7, 11) is 1.62. The van der Waals surface area contributed by atoms with E-state index in [2.05, 4.69) is 10.4 Å². The van der Waals surface area contributed by atoms with Crippen LogP contribution in [0.4, 0.5) is 5.69 Å². The number of nitrogens with one attached hydrogen (secondary N) is 1. The molecule has 1 aromatic heterocycles. The molecule has 0 atom stereocenters. The molecule has 1 heterocycles. The molecule has 0 unspecified atom stereocenters. The highest BCUT2D eigenvalue weighted by molar-refractivity contribution is 6.35. The highest BCUT2D eigenvalue weighted by Gasteiger charge is 2.26. The molecule has 0 radical (unpaired) electrons. The van der Waals surface area contributed by atoms with E-state index in [1.54, 1.807) is 13.2 Å². The Hall–Kier alpha value is -1.52. The van der Waals surface area contributed by atoms with Crippen molar-refractivity contribution in [1.82, 2.24) is 4.98 Å². The third-order valence-electron chi connectivity index (χ3n) is 3.26. The fraction of sp³-hybridized carbons (Fsp3) is 0.308. The summed E-state index contributed by atoms with van der Waals surface area (Å²) in [5, 5.41) is 1.45. The van der Waals surface area contributed by atoms with Crippen LogP contribution < -0.4 is 16.0 Å². The van der Waals surface area contributed by atoms with Crippen molar-refractivity contribution in [3.05, 3.63) is 28.9 Å². The van der Waals surface area contributed by atoms with E-state index in [9.17, 15) is 0 Å². The van der Waals surface area contributed by atoms with Crippen LogP contribution in [-0.2, 0) is 0 Å². The Kier molecular flexibility index (Phi) is 2.76. The molecule has 3 rings (SSSR count). The molecule has 2 aromatic rings. The highest BCUT2D eigenvalue weighted by Crippen LogP contribution is 2.43. The van der Waals surface area contributed by atoms with Gasteiger partial charge in [-0.1, -0.05) is 11.6 Å². The first-order valence-corrected chi connectivity index (χ1v) is 6.26. The Morgan fingerprint density at radius 1 is 1.44 bits per heavy atom. The summed E-state index contributed by atoms with van der Waals surface area (Å²) in [5.74, 6) is 6.87. The molecule has 94 valence electrons. The van der Waals surface area contributed by atoms with Crippen LogP contribution in [-0.4, -0.2) is 12.1 Å². The van der Waals surface area contributed by atoms with Gasteiger partial charge in [-0.25, -0.2) is 0 Å². The fourth-order valence-electron chi connectivity index (χ4n) is 2.17. The number of hydrogen-bond donors (Lipinski definition) is 2. The predicted octanol–water partition coefficient (Wildman–Crippen LogP) is 3.06. The summed E-state index contributed by atoms with van der Waals surface area (Å²) in [4.78, 5) is 4.65. The Bertz CT molecular complexity index is 611. The maximum atomic E-state index is 6.23. The van der Waals surface area contributed by atoms with E-state index in [4.69, 9.17) is 22.2 Å². The van der Waals surface area contributed by atoms with E-state index >= 15 is 0 Å². The molecule has 1 aromatic carbocycles. The lowest BCUT2D eigenvalue weighted by Crippen LogP contribution is -2.09. The Labute approximate surface area is 110 Å². The van der Waals surface area contributed by atoms with E-state index in [1.165, 1.54) is 12.8 Å². The molecule has 0 spiro atoms. The van der Waals surface area contributed by atoms with Gasteiger partial charge in [0.25, 0.3) is 0 Å². The molecule has 4 nitrogen and oxygen atoms in total. The van der Waals surface area contributed by atoms with Crippen molar-refractivity contribution in [2.75, 3.05) is 12.5 Å². The van der Waals surface area contributed by atoms with Crippen LogP contribution in [0.2, 0.25) is 5.02 Å². The normalized spacial score (nSPS) is 14.8. The minimum Gasteiger partial charge on any atom is -0.496 e. The maximum absolute atomic E-state index is 6.23. The largest absolute Gasteiger partial charge is 0.496 e. The standard InChI is InChI=1S/C13H14ClN3O/c1-18-11-5-4-8(14)13-12(11)10(17-15)6-9(16-13)7-2-3-7/h4-7H,2-3,15H2,1H3,(H,16,17). The van der Waals surface area contributed by atoms with Gasteiger partial charge in [0.2, 0.25) is 0 Å². The zero-order chi connectivity index (χ0) is 12.7. The summed E-state index contributed by atoms with van der Waals surface area (Å²) in [5.41, 5.74) is 5.31. The second-order valence-electron chi connectivity index (χ2n) is 4.49. The average Bonchev–Trinajstić information content (AvgIpc) is 3.23. The fourth-order valence-corrected chi connectivity index (χ4v) is 2.37. The third-order valence-corrected chi connectivity index (χ3v) is 3.57. The van der Waals surface area contributed by atoms with Crippen molar-refractivity contribution >= 4 is 28.2 Å². The number of aromatic nitrogens is 1. The van der Waals surface area contributed by atoms with E-state index in [-0.39, 0.29) is 0 Å². The van der Waals surface area contributed by atoms with Crippen molar-refractivity contribution in [1.29, 1.82) is 0 Å². The molecule has 0 bridgehead atoms. The minimum atomic E-state index is 0.545. The smallest absolute Gasteiger partial charge is 0.130 e. The molecule has 0 saturated heterocycles. The second kappa shape index (κ2) is 4.30. The zero-order valence-electron chi connectivity index (χ0n) is 10.0. The van der Waals surface area contributed by atoms with Gasteiger partial charge in [0, 0.05) is 11.6 Å². The van der Waals surface area contributed by atoms with Gasteiger partial charge in [0.1, 0.15) is 5.75 Å². The first-order valence-electron chi connectivity index (χ1n) is 5.88. The highest BCUT2D eigenvalue weighted by atomic mass is 35.5. The number of methoxy groups -OCH3 is 1. The van der Waals surface area contributed by atoms with Gasteiger partial charge in [-0.15, -0.1) is 0 Å². The van der Waals surface area contributed by atoms with E-state index in [0.29, 0.717) is 10.9 Å². The van der Waals surface area contributed by atoms with Crippen LogP contribution in [0.15, 0.2) is 18.2 Å². The maximum Gasteiger partial charge on any atom is 0.130 e. The molecular formula is C13H14ClN3O. The number of pyridine rings is 1. The molecule has 5 heteroatoms. The summed E-state index contributed by atoms with van der Waals surface area (Å²) < 4.78 is 5.35. The van der Waals surface area contributed by atoms with E-state index in [0.717, 1.165) is 28.0 Å². The van der Waals surface area contributed by atoms with E-state index < -0.39 is 0 Å². The van der Waals surface area contributed by atoms with Gasteiger partial charge in [0.05, 0.1) is 28.7 Å². The molecule has 1 saturated carbocycles. The van der Waals surface area contributed by atoms with Crippen molar-refractivity contribution in [3.63, 3.8) is 0 Å². The number of hydrogen-bond acceptors (Lipinski definition) is 4.